The molecule has 0 saturated carbocycles. The molecule has 29 heavy (non-hydrogen) atoms. The van der Waals surface area contributed by atoms with E-state index >= 15 is 0 Å². The highest BCUT2D eigenvalue weighted by Crippen LogP contribution is 2.31. The number of benzene rings is 2. The van der Waals surface area contributed by atoms with E-state index in [1.807, 2.05) is 37.3 Å². The quantitative estimate of drug-likeness (QED) is 0.618. The van der Waals surface area contributed by atoms with Gasteiger partial charge in [-0.05, 0) is 32.0 Å². The molecule has 0 fully saturated rings. The summed E-state index contributed by atoms with van der Waals surface area (Å²) >= 11 is 0. The Morgan fingerprint density at radius 1 is 1.17 bits per heavy atom. The molecule has 7 nitrogen and oxygen atoms in total. The lowest BCUT2D eigenvalue weighted by molar-refractivity contribution is -0.149. The number of aryl methyl sites for hydroxylation is 1. The molecule has 2 heterocycles. The maximum Gasteiger partial charge on any atom is 0.326 e. The molecule has 1 aromatic heterocycles. The van der Waals surface area contributed by atoms with E-state index < -0.39 is 12.1 Å². The number of hydrogen-bond acceptors (Lipinski definition) is 6. The molecule has 0 saturated heterocycles. The first kappa shape index (κ1) is 18.6. The number of ether oxygens (including phenoxy) is 1. The van der Waals surface area contributed by atoms with Gasteiger partial charge < -0.3 is 9.15 Å². The maximum atomic E-state index is 12.5. The fraction of sp³-hybridized carbons (Fsp3) is 0.182. The van der Waals surface area contributed by atoms with Gasteiger partial charge in [-0.2, -0.15) is 0 Å². The van der Waals surface area contributed by atoms with Gasteiger partial charge in [-0.25, -0.2) is 0 Å². The molecule has 1 atom stereocenters. The first-order chi connectivity index (χ1) is 13.9. The van der Waals surface area contributed by atoms with Crippen molar-refractivity contribution in [2.45, 2.75) is 20.0 Å². The van der Waals surface area contributed by atoms with Crippen molar-refractivity contribution < 1.29 is 18.7 Å². The van der Waals surface area contributed by atoms with Crippen LogP contribution in [0.1, 0.15) is 40.4 Å². The summed E-state index contributed by atoms with van der Waals surface area (Å²) in [6.07, 6.45) is -0.748. The van der Waals surface area contributed by atoms with Gasteiger partial charge in [0.1, 0.15) is 6.54 Å². The van der Waals surface area contributed by atoms with Crippen molar-refractivity contribution in [2.75, 3.05) is 6.54 Å². The third-order valence-corrected chi connectivity index (χ3v) is 4.69. The summed E-state index contributed by atoms with van der Waals surface area (Å²) in [5.74, 6) is -0.320. The number of amides is 1. The second-order valence-electron chi connectivity index (χ2n) is 6.83. The van der Waals surface area contributed by atoms with Gasteiger partial charge >= 0.3 is 5.97 Å². The number of aromatic nitrogens is 2. The molecular weight excluding hydrogens is 370 g/mol. The molecule has 0 bridgehead atoms. The minimum atomic E-state index is -0.748. The van der Waals surface area contributed by atoms with Crippen LogP contribution in [0.25, 0.3) is 17.2 Å². The van der Waals surface area contributed by atoms with Gasteiger partial charge in [0.25, 0.3) is 11.8 Å². The highest BCUT2D eigenvalue weighted by molar-refractivity contribution is 6.10. The molecule has 4 rings (SSSR count). The molecule has 1 amide bonds. The first-order valence-electron chi connectivity index (χ1n) is 9.14. The van der Waals surface area contributed by atoms with Crippen molar-refractivity contribution in [3.63, 3.8) is 0 Å². The van der Waals surface area contributed by atoms with Gasteiger partial charge in [-0.1, -0.05) is 42.5 Å². The topological polar surface area (TPSA) is 85.5 Å². The zero-order valence-corrected chi connectivity index (χ0v) is 16.1. The Morgan fingerprint density at radius 2 is 1.93 bits per heavy atom. The van der Waals surface area contributed by atoms with Crippen LogP contribution in [-0.2, 0) is 9.53 Å². The van der Waals surface area contributed by atoms with Gasteiger partial charge in [0.15, 0.2) is 6.10 Å². The number of hydrogen-bond donors (Lipinski definition) is 0. The van der Waals surface area contributed by atoms with Crippen molar-refractivity contribution in [3.05, 3.63) is 77.7 Å². The minimum absolute atomic E-state index is 0.185. The zero-order valence-electron chi connectivity index (χ0n) is 16.1. The lowest BCUT2D eigenvalue weighted by Crippen LogP contribution is -2.30. The maximum absolute atomic E-state index is 12.5. The Balaban J connectivity index is 1.42. The molecule has 0 radical (unpaired) electrons. The van der Waals surface area contributed by atoms with E-state index in [1.165, 1.54) is 4.90 Å². The van der Waals surface area contributed by atoms with Crippen LogP contribution in [0.4, 0.5) is 0 Å². The summed E-state index contributed by atoms with van der Waals surface area (Å²) in [6.45, 7) is 7.29. The van der Waals surface area contributed by atoms with E-state index in [2.05, 4.69) is 16.8 Å². The monoisotopic (exact) mass is 389 g/mol. The molecule has 146 valence electrons. The smallest absolute Gasteiger partial charge is 0.326 e. The van der Waals surface area contributed by atoms with Crippen molar-refractivity contribution in [2.24, 2.45) is 0 Å². The highest BCUT2D eigenvalue weighted by Gasteiger charge is 2.33. The second-order valence-corrected chi connectivity index (χ2v) is 6.83. The number of esters is 1. The Morgan fingerprint density at radius 3 is 2.66 bits per heavy atom. The van der Waals surface area contributed by atoms with Crippen molar-refractivity contribution >= 4 is 17.6 Å². The molecule has 2 aromatic carbocycles. The minimum Gasteiger partial charge on any atom is -0.451 e. The number of rotatable bonds is 5. The molecule has 3 aromatic rings. The van der Waals surface area contributed by atoms with Crippen molar-refractivity contribution in [3.8, 4) is 11.5 Å². The third-order valence-electron chi connectivity index (χ3n) is 4.69. The van der Waals surface area contributed by atoms with Crippen LogP contribution in [0.2, 0.25) is 0 Å². The standard InChI is InChI=1S/C22H19N3O4/c1-13-7-6-8-16(11-13)21-24-23-20(29-21)15(3)28-19(26)12-25-14(2)17-9-4-5-10-18(17)22(25)27/h4-11,15H,2,12H2,1,3H3/t15-/m1/s1. The predicted molar refractivity (Wildman–Crippen MR) is 105 cm³/mol. The predicted octanol–water partition coefficient (Wildman–Crippen LogP) is 3.78. The van der Waals surface area contributed by atoms with E-state index in [4.69, 9.17) is 9.15 Å². The molecule has 1 aliphatic heterocycles. The molecule has 0 spiro atoms. The number of nitrogens with zero attached hydrogens (tertiary/aromatic N) is 3. The summed E-state index contributed by atoms with van der Waals surface area (Å²) < 4.78 is 11.0. The Kier molecular flexibility index (Phi) is 4.72. The van der Waals surface area contributed by atoms with E-state index in [0.717, 1.165) is 16.7 Å². The van der Waals surface area contributed by atoms with E-state index in [-0.39, 0.29) is 18.3 Å². The van der Waals surface area contributed by atoms with Crippen LogP contribution in [0.15, 0.2) is 59.5 Å². The van der Waals surface area contributed by atoms with E-state index in [9.17, 15) is 9.59 Å². The van der Waals surface area contributed by atoms with Crippen LogP contribution in [0.3, 0.4) is 0 Å². The summed E-state index contributed by atoms with van der Waals surface area (Å²) in [6, 6.07) is 14.8. The fourth-order valence-corrected chi connectivity index (χ4v) is 3.21. The number of carbonyl (C=O) groups is 2. The lowest BCUT2D eigenvalue weighted by atomic mass is 10.1. The molecule has 1 aliphatic rings. The molecule has 0 unspecified atom stereocenters. The van der Waals surface area contributed by atoms with E-state index in [1.54, 1.807) is 25.1 Å². The lowest BCUT2D eigenvalue weighted by Gasteiger charge is -2.17. The van der Waals surface area contributed by atoms with Crippen LogP contribution >= 0.6 is 0 Å². The van der Waals surface area contributed by atoms with Gasteiger partial charge in [0.05, 0.1) is 0 Å². The van der Waals surface area contributed by atoms with Crippen molar-refractivity contribution in [1.29, 1.82) is 0 Å². The van der Waals surface area contributed by atoms with Crippen LogP contribution in [0, 0.1) is 6.92 Å². The summed E-state index contributed by atoms with van der Waals surface area (Å²) in [5.41, 5.74) is 3.59. The zero-order chi connectivity index (χ0) is 20.5. The van der Waals surface area contributed by atoms with Gasteiger partial charge in [0, 0.05) is 22.4 Å². The largest absolute Gasteiger partial charge is 0.451 e. The van der Waals surface area contributed by atoms with Crippen LogP contribution in [-0.4, -0.2) is 33.5 Å². The molecule has 7 heteroatoms. The van der Waals surface area contributed by atoms with Gasteiger partial charge in [-0.3, -0.25) is 14.5 Å². The fourth-order valence-electron chi connectivity index (χ4n) is 3.21. The van der Waals surface area contributed by atoms with Crippen molar-refractivity contribution in [1.82, 2.24) is 15.1 Å². The Bertz CT molecular complexity index is 1080. The Hall–Kier alpha value is -3.74. The number of fused-ring (bicyclic) bond motifs is 1. The highest BCUT2D eigenvalue weighted by atomic mass is 16.6. The Labute approximate surface area is 167 Å². The average Bonchev–Trinajstić information content (AvgIpc) is 3.29. The van der Waals surface area contributed by atoms with Gasteiger partial charge in [-0.15, -0.1) is 10.2 Å². The average molecular weight is 389 g/mol. The van der Waals surface area contributed by atoms with Gasteiger partial charge in [0.2, 0.25) is 5.89 Å². The molecular formula is C22H19N3O4. The van der Waals surface area contributed by atoms with Crippen LogP contribution in [0.5, 0.6) is 0 Å². The van der Waals surface area contributed by atoms with E-state index in [0.29, 0.717) is 17.2 Å². The summed E-state index contributed by atoms with van der Waals surface area (Å²) in [7, 11) is 0. The second kappa shape index (κ2) is 7.35. The normalized spacial score (nSPS) is 14.1. The first-order valence-corrected chi connectivity index (χ1v) is 9.14. The van der Waals surface area contributed by atoms with Crippen LogP contribution < -0.4 is 0 Å². The summed E-state index contributed by atoms with van der Waals surface area (Å²) in [4.78, 5) is 26.2. The third kappa shape index (κ3) is 3.54. The summed E-state index contributed by atoms with van der Waals surface area (Å²) in [5, 5.41) is 8.00. The molecule has 0 aliphatic carbocycles. The number of carbonyl (C=O) groups excluding carboxylic acids is 2. The molecule has 0 N–H and O–H groups in total. The SMILES string of the molecule is C=C1c2ccccc2C(=O)N1CC(=O)O[C@H](C)c1nnc(-c2cccc(C)c2)o1.